The Morgan fingerprint density at radius 1 is 1.67 bits per heavy atom. The molecule has 0 amide bonds. The van der Waals surface area contributed by atoms with Crippen molar-refractivity contribution >= 4 is 5.82 Å². The molecule has 3 atom stereocenters. The van der Waals surface area contributed by atoms with Gasteiger partial charge in [0.1, 0.15) is 17.6 Å². The van der Waals surface area contributed by atoms with Gasteiger partial charge < -0.3 is 25.2 Å². The van der Waals surface area contributed by atoms with E-state index >= 15 is 0 Å². The smallest absolute Gasteiger partial charge is 0.351 e. The van der Waals surface area contributed by atoms with Crippen LogP contribution in [-0.2, 0) is 14.2 Å². The van der Waals surface area contributed by atoms with Crippen LogP contribution in [0.4, 0.5) is 5.82 Å². The first kappa shape index (κ1) is 15.9. The van der Waals surface area contributed by atoms with E-state index in [4.69, 9.17) is 25.2 Å². The highest BCUT2D eigenvalue weighted by Gasteiger charge is 2.50. The normalized spacial score (nSPS) is 28.9. The van der Waals surface area contributed by atoms with Crippen LogP contribution in [0.1, 0.15) is 12.6 Å². The molecule has 2 heterocycles. The minimum atomic E-state index is -0.899. The first-order chi connectivity index (χ1) is 10.1. The van der Waals surface area contributed by atoms with Gasteiger partial charge in [0, 0.05) is 26.8 Å². The van der Waals surface area contributed by atoms with E-state index in [9.17, 15) is 4.79 Å². The maximum absolute atomic E-state index is 11.9. The highest BCUT2D eigenvalue weighted by atomic mass is 16.6. The van der Waals surface area contributed by atoms with Crippen molar-refractivity contribution in [2.45, 2.75) is 24.4 Å². The lowest BCUT2D eigenvalue weighted by molar-refractivity contribution is -0.148. The van der Waals surface area contributed by atoms with Crippen molar-refractivity contribution in [1.82, 2.24) is 15.0 Å². The minimum absolute atomic E-state index is 0.104. The number of nitrogens with zero attached hydrogens (tertiary/aromatic N) is 2. The van der Waals surface area contributed by atoms with E-state index in [0.29, 0.717) is 6.42 Å². The van der Waals surface area contributed by atoms with Gasteiger partial charge in [-0.15, -0.1) is 0 Å². The van der Waals surface area contributed by atoms with Gasteiger partial charge in [0.2, 0.25) is 0 Å². The van der Waals surface area contributed by atoms with Crippen molar-refractivity contribution in [1.29, 1.82) is 0 Å². The number of anilines is 1. The zero-order valence-corrected chi connectivity index (χ0v) is 12.0. The van der Waals surface area contributed by atoms with E-state index < -0.39 is 17.5 Å². The van der Waals surface area contributed by atoms with E-state index in [1.54, 1.807) is 7.11 Å². The highest BCUT2D eigenvalue weighted by molar-refractivity contribution is 5.23. The summed E-state index contributed by atoms with van der Waals surface area (Å²) in [7, 11) is 3.07. The van der Waals surface area contributed by atoms with Gasteiger partial charge in [-0.2, -0.15) is 4.98 Å². The van der Waals surface area contributed by atoms with E-state index in [1.165, 1.54) is 23.9 Å². The number of hydrogen-bond acceptors (Lipinski definition) is 8. The average molecular weight is 300 g/mol. The maximum atomic E-state index is 11.9. The fourth-order valence-corrected chi connectivity index (χ4v) is 2.63. The summed E-state index contributed by atoms with van der Waals surface area (Å²) in [5, 5.41) is 9.04. The molecule has 2 rings (SSSR count). The molecule has 1 aliphatic heterocycles. The van der Waals surface area contributed by atoms with E-state index in [0.717, 1.165) is 0 Å². The molecular weight excluding hydrogens is 280 g/mol. The molecule has 0 aliphatic carbocycles. The number of nitrogens with one attached hydrogen (secondary N) is 1. The van der Waals surface area contributed by atoms with Gasteiger partial charge in [0.05, 0.1) is 19.3 Å². The fraction of sp³-hybridized carbons (Fsp3) is 0.667. The predicted octanol–water partition coefficient (Wildman–Crippen LogP) is -0.877. The Labute approximate surface area is 121 Å². The maximum Gasteiger partial charge on any atom is 0.351 e. The second-order valence-electron chi connectivity index (χ2n) is 4.91. The van der Waals surface area contributed by atoms with Crippen LogP contribution in [0.5, 0.6) is 0 Å². The summed E-state index contributed by atoms with van der Waals surface area (Å²) in [5.41, 5.74) is 6.16. The van der Waals surface area contributed by atoms with Crippen molar-refractivity contribution in [2.75, 3.05) is 33.1 Å². The van der Waals surface area contributed by atoms with Crippen LogP contribution in [0, 0.1) is 0 Å². The molecule has 0 saturated carbocycles. The monoisotopic (exact) mass is 300 g/mol. The van der Waals surface area contributed by atoms with E-state index in [-0.39, 0.29) is 25.1 Å². The number of nitrogens with two attached hydrogens (primary N) is 1. The zero-order chi connectivity index (χ0) is 15.5. The van der Waals surface area contributed by atoms with Gasteiger partial charge in [0.15, 0.2) is 0 Å². The quantitative estimate of drug-likeness (QED) is 0.579. The first-order valence-electron chi connectivity index (χ1n) is 6.47. The molecule has 0 bridgehead atoms. The lowest BCUT2D eigenvalue weighted by atomic mass is 9.97. The van der Waals surface area contributed by atoms with Gasteiger partial charge in [0.25, 0.3) is 0 Å². The molecule has 0 aromatic carbocycles. The van der Waals surface area contributed by atoms with Crippen molar-refractivity contribution in [3.8, 4) is 0 Å². The summed E-state index contributed by atoms with van der Waals surface area (Å²) < 4.78 is 17.9. The predicted molar refractivity (Wildman–Crippen MR) is 72.8 cm³/mol. The van der Waals surface area contributed by atoms with Crippen LogP contribution in [0.3, 0.4) is 0 Å². The van der Waals surface area contributed by atoms with Crippen LogP contribution in [-0.4, -0.2) is 53.8 Å². The standard InChI is InChI=1S/C12H20N4O5/c1-19-7-12(6-14-18)8(20-2)5-10(21-12)16-4-3-9(13)15-11(16)17/h3-4,8,10,14,18H,5-7H2,1-2H3,(H2,13,15,17)/t8-,10-,12-/m1/s1. The number of rotatable bonds is 6. The average Bonchev–Trinajstić information content (AvgIpc) is 2.78. The van der Waals surface area contributed by atoms with Crippen molar-refractivity contribution in [3.05, 3.63) is 22.7 Å². The van der Waals surface area contributed by atoms with Gasteiger partial charge in [-0.25, -0.2) is 10.3 Å². The van der Waals surface area contributed by atoms with Crippen molar-refractivity contribution in [3.63, 3.8) is 0 Å². The van der Waals surface area contributed by atoms with Crippen LogP contribution >= 0.6 is 0 Å². The summed E-state index contributed by atoms with van der Waals surface area (Å²) in [6.07, 6.45) is 1.02. The number of hydroxylamine groups is 1. The zero-order valence-electron chi connectivity index (χ0n) is 12.0. The van der Waals surface area contributed by atoms with Gasteiger partial charge >= 0.3 is 5.69 Å². The number of ether oxygens (including phenoxy) is 3. The molecule has 9 nitrogen and oxygen atoms in total. The van der Waals surface area contributed by atoms with Crippen molar-refractivity contribution in [2.24, 2.45) is 0 Å². The van der Waals surface area contributed by atoms with E-state index in [1.807, 2.05) is 0 Å². The summed E-state index contributed by atoms with van der Waals surface area (Å²) in [4.78, 5) is 15.6. The number of methoxy groups -OCH3 is 2. The Hall–Kier alpha value is -1.52. The second-order valence-corrected chi connectivity index (χ2v) is 4.91. The molecule has 0 radical (unpaired) electrons. The molecule has 0 unspecified atom stereocenters. The number of aromatic nitrogens is 2. The number of nitrogen functional groups attached to an aromatic ring is 1. The Kier molecular flexibility index (Phi) is 4.91. The molecule has 1 fully saturated rings. The van der Waals surface area contributed by atoms with Crippen molar-refractivity contribution < 1.29 is 19.4 Å². The van der Waals surface area contributed by atoms with Crippen LogP contribution in [0.2, 0.25) is 0 Å². The molecule has 1 aromatic heterocycles. The molecule has 4 N–H and O–H groups in total. The molecule has 1 aromatic rings. The summed E-state index contributed by atoms with van der Waals surface area (Å²) in [6.45, 7) is 0.305. The Morgan fingerprint density at radius 2 is 2.43 bits per heavy atom. The Bertz CT molecular complexity index is 529. The van der Waals surface area contributed by atoms with Gasteiger partial charge in [-0.05, 0) is 6.07 Å². The largest absolute Gasteiger partial charge is 0.383 e. The molecule has 0 spiro atoms. The molecule has 9 heteroatoms. The third-order valence-electron chi connectivity index (χ3n) is 3.59. The molecule has 118 valence electrons. The summed E-state index contributed by atoms with van der Waals surface area (Å²) in [5.74, 6) is 0.151. The lowest BCUT2D eigenvalue weighted by Crippen LogP contribution is -2.51. The minimum Gasteiger partial charge on any atom is -0.383 e. The molecular formula is C12H20N4O5. The Morgan fingerprint density at radius 3 is 3.00 bits per heavy atom. The SMILES string of the molecule is COC[C@@]1(CNO)O[C@@H](n2ccc(N)nc2=O)C[C@H]1OC. The topological polar surface area (TPSA) is 121 Å². The molecule has 1 aliphatic rings. The van der Waals surface area contributed by atoms with Gasteiger partial charge in [-0.3, -0.25) is 4.57 Å². The number of hydrogen-bond donors (Lipinski definition) is 3. The van der Waals surface area contributed by atoms with E-state index in [2.05, 4.69) is 10.5 Å². The summed E-state index contributed by atoms with van der Waals surface area (Å²) >= 11 is 0. The Balaban J connectivity index is 2.30. The molecule has 1 saturated heterocycles. The lowest BCUT2D eigenvalue weighted by Gasteiger charge is -2.32. The third kappa shape index (κ3) is 3.06. The highest BCUT2D eigenvalue weighted by Crippen LogP contribution is 2.37. The van der Waals surface area contributed by atoms with Crippen LogP contribution in [0.25, 0.3) is 0 Å². The van der Waals surface area contributed by atoms with Crippen LogP contribution < -0.4 is 16.9 Å². The third-order valence-corrected chi connectivity index (χ3v) is 3.59. The fourth-order valence-electron chi connectivity index (χ4n) is 2.63. The first-order valence-corrected chi connectivity index (χ1v) is 6.47. The van der Waals surface area contributed by atoms with Gasteiger partial charge in [-0.1, -0.05) is 0 Å². The second kappa shape index (κ2) is 6.50. The summed E-state index contributed by atoms with van der Waals surface area (Å²) in [6, 6.07) is 1.52. The molecule has 21 heavy (non-hydrogen) atoms. The van der Waals surface area contributed by atoms with Crippen LogP contribution in [0.15, 0.2) is 17.1 Å².